The highest BCUT2D eigenvalue weighted by atomic mass is 16.5. The van der Waals surface area contributed by atoms with Gasteiger partial charge in [-0.25, -0.2) is 0 Å². The van der Waals surface area contributed by atoms with Gasteiger partial charge >= 0.3 is 0 Å². The van der Waals surface area contributed by atoms with Gasteiger partial charge in [-0.15, -0.1) is 0 Å². The standard InChI is InChI=1S/C15H21NO2/c1-17-14-10-6-7-12(15(14)18-2)11-16-13-8-4-3-5-9-13/h3-4,6-7,10,13,16H,5,8-9,11H2,1-2H3. The molecule has 1 aromatic carbocycles. The average Bonchev–Trinajstić information content (AvgIpc) is 2.45. The van der Waals surface area contributed by atoms with Gasteiger partial charge < -0.3 is 14.8 Å². The lowest BCUT2D eigenvalue weighted by atomic mass is 10.0. The topological polar surface area (TPSA) is 30.5 Å². The molecule has 98 valence electrons. The molecule has 0 amide bonds. The van der Waals surface area contributed by atoms with Crippen molar-refractivity contribution in [3.8, 4) is 11.5 Å². The summed E-state index contributed by atoms with van der Waals surface area (Å²) in [5, 5.41) is 3.58. The number of hydrogen-bond donors (Lipinski definition) is 1. The Morgan fingerprint density at radius 2 is 2.11 bits per heavy atom. The van der Waals surface area contributed by atoms with Crippen molar-refractivity contribution < 1.29 is 9.47 Å². The lowest BCUT2D eigenvalue weighted by Gasteiger charge is -2.20. The maximum Gasteiger partial charge on any atom is 0.165 e. The predicted octanol–water partition coefficient (Wildman–Crippen LogP) is 2.90. The smallest absolute Gasteiger partial charge is 0.165 e. The molecule has 0 saturated carbocycles. The molecule has 0 aliphatic heterocycles. The molecule has 1 N–H and O–H groups in total. The summed E-state index contributed by atoms with van der Waals surface area (Å²) in [4.78, 5) is 0. The minimum Gasteiger partial charge on any atom is -0.493 e. The van der Waals surface area contributed by atoms with Gasteiger partial charge in [-0.3, -0.25) is 0 Å². The molecule has 0 radical (unpaired) electrons. The Morgan fingerprint density at radius 1 is 1.22 bits per heavy atom. The van der Waals surface area contributed by atoms with Crippen LogP contribution < -0.4 is 14.8 Å². The summed E-state index contributed by atoms with van der Waals surface area (Å²) in [5.41, 5.74) is 1.14. The van der Waals surface area contributed by atoms with Crippen LogP contribution in [0.4, 0.5) is 0 Å². The van der Waals surface area contributed by atoms with Gasteiger partial charge in [0.1, 0.15) is 0 Å². The zero-order valence-electron chi connectivity index (χ0n) is 11.1. The van der Waals surface area contributed by atoms with E-state index in [0.717, 1.165) is 30.0 Å². The van der Waals surface area contributed by atoms with E-state index in [1.807, 2.05) is 12.1 Å². The second-order valence-corrected chi connectivity index (χ2v) is 4.51. The molecule has 0 bridgehead atoms. The molecule has 2 rings (SSSR count). The van der Waals surface area contributed by atoms with E-state index in [2.05, 4.69) is 23.5 Å². The summed E-state index contributed by atoms with van der Waals surface area (Å²) >= 11 is 0. The van der Waals surface area contributed by atoms with Gasteiger partial charge in [0, 0.05) is 18.2 Å². The van der Waals surface area contributed by atoms with Crippen LogP contribution in [0.25, 0.3) is 0 Å². The minimum atomic E-state index is 0.575. The van der Waals surface area contributed by atoms with E-state index in [1.54, 1.807) is 14.2 Å². The molecule has 0 fully saturated rings. The third kappa shape index (κ3) is 3.05. The second-order valence-electron chi connectivity index (χ2n) is 4.51. The fourth-order valence-corrected chi connectivity index (χ4v) is 2.33. The highest BCUT2D eigenvalue weighted by Gasteiger charge is 2.12. The average molecular weight is 247 g/mol. The largest absolute Gasteiger partial charge is 0.493 e. The van der Waals surface area contributed by atoms with E-state index in [1.165, 1.54) is 12.8 Å². The zero-order chi connectivity index (χ0) is 12.8. The monoisotopic (exact) mass is 247 g/mol. The van der Waals surface area contributed by atoms with Crippen molar-refractivity contribution in [3.05, 3.63) is 35.9 Å². The van der Waals surface area contributed by atoms with Crippen LogP contribution in [0.2, 0.25) is 0 Å². The number of para-hydroxylation sites is 1. The molecule has 1 aliphatic carbocycles. The van der Waals surface area contributed by atoms with E-state index < -0.39 is 0 Å². The van der Waals surface area contributed by atoms with Gasteiger partial charge in [-0.05, 0) is 25.3 Å². The third-order valence-electron chi connectivity index (χ3n) is 3.33. The first kappa shape index (κ1) is 13.0. The number of nitrogens with one attached hydrogen (secondary N) is 1. The molecule has 1 aromatic rings. The zero-order valence-corrected chi connectivity index (χ0v) is 11.1. The van der Waals surface area contributed by atoms with E-state index in [4.69, 9.17) is 9.47 Å². The SMILES string of the molecule is COc1cccc(CNC2CC=CCC2)c1OC. The number of benzene rings is 1. The Kier molecular flexibility index (Phi) is 4.65. The molecule has 0 spiro atoms. The number of hydrogen-bond acceptors (Lipinski definition) is 3. The fourth-order valence-electron chi connectivity index (χ4n) is 2.33. The van der Waals surface area contributed by atoms with Crippen LogP contribution in [0.3, 0.4) is 0 Å². The van der Waals surface area contributed by atoms with Gasteiger partial charge in [0.25, 0.3) is 0 Å². The Morgan fingerprint density at radius 3 is 2.78 bits per heavy atom. The minimum absolute atomic E-state index is 0.575. The molecular weight excluding hydrogens is 226 g/mol. The molecule has 0 saturated heterocycles. The molecule has 3 heteroatoms. The molecule has 3 nitrogen and oxygen atoms in total. The van der Waals surface area contributed by atoms with E-state index in [0.29, 0.717) is 6.04 Å². The lowest BCUT2D eigenvalue weighted by Crippen LogP contribution is -2.29. The van der Waals surface area contributed by atoms with E-state index >= 15 is 0 Å². The van der Waals surface area contributed by atoms with Gasteiger partial charge in [-0.1, -0.05) is 24.3 Å². The summed E-state index contributed by atoms with van der Waals surface area (Å²) < 4.78 is 10.7. The van der Waals surface area contributed by atoms with Gasteiger partial charge in [0.15, 0.2) is 11.5 Å². The van der Waals surface area contributed by atoms with Crippen LogP contribution in [0.5, 0.6) is 11.5 Å². The number of methoxy groups -OCH3 is 2. The first-order valence-corrected chi connectivity index (χ1v) is 6.43. The van der Waals surface area contributed by atoms with Crippen LogP contribution in [0, 0.1) is 0 Å². The Labute approximate surface area is 109 Å². The maximum absolute atomic E-state index is 5.43. The van der Waals surface area contributed by atoms with Crippen molar-refractivity contribution in [1.29, 1.82) is 0 Å². The Bertz CT molecular complexity index is 415. The van der Waals surface area contributed by atoms with Crippen LogP contribution in [-0.4, -0.2) is 20.3 Å². The second kappa shape index (κ2) is 6.45. The molecule has 1 unspecified atom stereocenters. The van der Waals surface area contributed by atoms with E-state index in [9.17, 15) is 0 Å². The highest BCUT2D eigenvalue weighted by molar-refractivity contribution is 5.46. The Hall–Kier alpha value is -1.48. The highest BCUT2D eigenvalue weighted by Crippen LogP contribution is 2.30. The summed E-state index contributed by atoms with van der Waals surface area (Å²) in [5.74, 6) is 1.62. The van der Waals surface area contributed by atoms with E-state index in [-0.39, 0.29) is 0 Å². The van der Waals surface area contributed by atoms with Crippen molar-refractivity contribution in [2.24, 2.45) is 0 Å². The molecular formula is C15H21NO2. The third-order valence-corrected chi connectivity index (χ3v) is 3.33. The lowest BCUT2D eigenvalue weighted by molar-refractivity contribution is 0.349. The number of rotatable bonds is 5. The molecule has 1 atom stereocenters. The normalized spacial score (nSPS) is 18.7. The number of ether oxygens (including phenoxy) is 2. The molecule has 0 heterocycles. The predicted molar refractivity (Wildman–Crippen MR) is 73.2 cm³/mol. The van der Waals surface area contributed by atoms with Crippen molar-refractivity contribution in [2.45, 2.75) is 31.8 Å². The number of allylic oxidation sites excluding steroid dienone is 1. The Balaban J connectivity index is 2.02. The summed E-state index contributed by atoms with van der Waals surface area (Å²) in [6.07, 6.45) is 8.01. The van der Waals surface area contributed by atoms with Crippen molar-refractivity contribution in [3.63, 3.8) is 0 Å². The van der Waals surface area contributed by atoms with Crippen LogP contribution in [-0.2, 0) is 6.54 Å². The van der Waals surface area contributed by atoms with Crippen LogP contribution >= 0.6 is 0 Å². The quantitative estimate of drug-likeness (QED) is 0.812. The van der Waals surface area contributed by atoms with Gasteiger partial charge in [0.2, 0.25) is 0 Å². The molecule has 0 aromatic heterocycles. The van der Waals surface area contributed by atoms with Crippen LogP contribution in [0.1, 0.15) is 24.8 Å². The summed E-state index contributed by atoms with van der Waals surface area (Å²) in [6.45, 7) is 0.818. The molecule has 1 aliphatic rings. The van der Waals surface area contributed by atoms with Crippen molar-refractivity contribution in [1.82, 2.24) is 5.32 Å². The summed E-state index contributed by atoms with van der Waals surface area (Å²) in [6, 6.07) is 6.57. The summed E-state index contributed by atoms with van der Waals surface area (Å²) in [7, 11) is 3.35. The van der Waals surface area contributed by atoms with Crippen LogP contribution in [0.15, 0.2) is 30.4 Å². The van der Waals surface area contributed by atoms with Crippen molar-refractivity contribution >= 4 is 0 Å². The first-order chi connectivity index (χ1) is 8.85. The van der Waals surface area contributed by atoms with Gasteiger partial charge in [-0.2, -0.15) is 0 Å². The molecule has 18 heavy (non-hydrogen) atoms. The first-order valence-electron chi connectivity index (χ1n) is 6.43. The van der Waals surface area contributed by atoms with Crippen molar-refractivity contribution in [2.75, 3.05) is 14.2 Å². The van der Waals surface area contributed by atoms with Gasteiger partial charge in [0.05, 0.1) is 14.2 Å². The fraction of sp³-hybridized carbons (Fsp3) is 0.467. The maximum atomic E-state index is 5.43.